The number of rotatable bonds is 5. The van der Waals surface area contributed by atoms with Gasteiger partial charge in [0.05, 0.1) is 34.0 Å². The molecule has 0 saturated carbocycles. The minimum absolute atomic E-state index is 0.291. The Labute approximate surface area is 155 Å². The summed E-state index contributed by atoms with van der Waals surface area (Å²) in [4.78, 5) is 16.6. The first-order valence-electron chi connectivity index (χ1n) is 8.19. The lowest BCUT2D eigenvalue weighted by atomic mass is 10.0. The molecule has 0 aliphatic carbocycles. The van der Waals surface area contributed by atoms with Crippen LogP contribution in [0.3, 0.4) is 0 Å². The summed E-state index contributed by atoms with van der Waals surface area (Å²) < 4.78 is 12.2. The summed E-state index contributed by atoms with van der Waals surface area (Å²) in [6, 6.07) is 13.2. The van der Waals surface area contributed by atoms with E-state index in [1.165, 1.54) is 11.3 Å². The van der Waals surface area contributed by atoms with Gasteiger partial charge in [0.1, 0.15) is 5.75 Å². The first-order chi connectivity index (χ1) is 12.5. The number of fused-ring (bicyclic) bond motifs is 1. The molecule has 26 heavy (non-hydrogen) atoms. The van der Waals surface area contributed by atoms with Gasteiger partial charge in [0, 0.05) is 5.56 Å². The molecule has 0 unspecified atom stereocenters. The predicted molar refractivity (Wildman–Crippen MR) is 101 cm³/mol. The lowest BCUT2D eigenvalue weighted by Crippen LogP contribution is -2.39. The fourth-order valence-electron chi connectivity index (χ4n) is 2.56. The van der Waals surface area contributed by atoms with Crippen LogP contribution in [0.4, 0.5) is 0 Å². The highest BCUT2D eigenvalue weighted by atomic mass is 32.1. The molecular formula is C20H18N2O3S. The molecule has 0 radical (unpaired) electrons. The minimum Gasteiger partial charge on any atom is -0.474 e. The summed E-state index contributed by atoms with van der Waals surface area (Å²) in [5.41, 5.74) is 3.73. The first kappa shape index (κ1) is 17.9. The molecule has 5 nitrogen and oxygen atoms in total. The number of hydrogen-bond donors (Lipinski definition) is 0. The van der Waals surface area contributed by atoms with Gasteiger partial charge in [0.2, 0.25) is 0 Å². The normalized spacial score (nSPS) is 11.2. The molecule has 0 amide bonds. The maximum atomic E-state index is 12.3. The van der Waals surface area contributed by atoms with Gasteiger partial charge < -0.3 is 9.47 Å². The second-order valence-corrected chi connectivity index (χ2v) is 7.02. The molecule has 132 valence electrons. The fraction of sp³-hybridized carbons (Fsp3) is 0.250. The Morgan fingerprint density at radius 3 is 2.62 bits per heavy atom. The molecule has 1 aromatic heterocycles. The monoisotopic (exact) mass is 366 g/mol. The molecular weight excluding hydrogens is 348 g/mol. The summed E-state index contributed by atoms with van der Waals surface area (Å²) in [5.74, 6) is 0.167. The Hall–Kier alpha value is -2.91. The van der Waals surface area contributed by atoms with Crippen molar-refractivity contribution in [3.63, 3.8) is 0 Å². The van der Waals surface area contributed by atoms with Crippen molar-refractivity contribution in [2.75, 3.05) is 6.61 Å². The van der Waals surface area contributed by atoms with Crippen molar-refractivity contribution in [3.05, 3.63) is 47.5 Å². The van der Waals surface area contributed by atoms with Gasteiger partial charge in [-0.05, 0) is 50.6 Å². The van der Waals surface area contributed by atoms with Crippen LogP contribution in [0, 0.1) is 11.3 Å². The highest BCUT2D eigenvalue weighted by molar-refractivity contribution is 7.17. The Bertz CT molecular complexity index is 984. The van der Waals surface area contributed by atoms with E-state index in [4.69, 9.17) is 14.7 Å². The van der Waals surface area contributed by atoms with Crippen molar-refractivity contribution in [2.45, 2.75) is 26.4 Å². The molecule has 0 fully saturated rings. The average molecular weight is 366 g/mol. The van der Waals surface area contributed by atoms with E-state index in [9.17, 15) is 4.79 Å². The van der Waals surface area contributed by atoms with Gasteiger partial charge in [-0.3, -0.25) is 0 Å². The Morgan fingerprint density at radius 1 is 1.23 bits per heavy atom. The number of nitriles is 1. The van der Waals surface area contributed by atoms with Crippen LogP contribution in [0.2, 0.25) is 0 Å². The van der Waals surface area contributed by atoms with Gasteiger partial charge in [-0.15, -0.1) is 11.3 Å². The molecule has 0 aliphatic rings. The number of benzene rings is 2. The van der Waals surface area contributed by atoms with Crippen LogP contribution in [0.15, 0.2) is 41.9 Å². The predicted octanol–water partition coefficient (Wildman–Crippen LogP) is 4.56. The van der Waals surface area contributed by atoms with E-state index in [1.54, 1.807) is 38.4 Å². The Balaban J connectivity index is 2.11. The summed E-state index contributed by atoms with van der Waals surface area (Å²) in [7, 11) is 0. The zero-order valence-electron chi connectivity index (χ0n) is 14.8. The van der Waals surface area contributed by atoms with Gasteiger partial charge in [0.15, 0.2) is 5.60 Å². The van der Waals surface area contributed by atoms with Gasteiger partial charge in [0.25, 0.3) is 0 Å². The molecule has 0 N–H and O–H groups in total. The molecule has 6 heteroatoms. The van der Waals surface area contributed by atoms with E-state index >= 15 is 0 Å². The Morgan fingerprint density at radius 2 is 1.96 bits per heavy atom. The maximum Gasteiger partial charge on any atom is 0.349 e. The van der Waals surface area contributed by atoms with Crippen LogP contribution in [-0.2, 0) is 9.53 Å². The van der Waals surface area contributed by atoms with Crippen molar-refractivity contribution in [1.29, 1.82) is 5.26 Å². The topological polar surface area (TPSA) is 72.2 Å². The van der Waals surface area contributed by atoms with Crippen LogP contribution in [-0.4, -0.2) is 23.2 Å². The van der Waals surface area contributed by atoms with Crippen LogP contribution in [0.25, 0.3) is 21.3 Å². The van der Waals surface area contributed by atoms with Crippen molar-refractivity contribution in [3.8, 4) is 22.9 Å². The zero-order chi connectivity index (χ0) is 18.7. The second-order valence-electron chi connectivity index (χ2n) is 6.16. The zero-order valence-corrected chi connectivity index (χ0v) is 15.6. The highest BCUT2D eigenvalue weighted by Gasteiger charge is 2.33. The van der Waals surface area contributed by atoms with Crippen LogP contribution in [0.1, 0.15) is 26.3 Å². The second kappa shape index (κ2) is 7.14. The van der Waals surface area contributed by atoms with Crippen molar-refractivity contribution >= 4 is 27.5 Å². The molecule has 3 rings (SSSR count). The third kappa shape index (κ3) is 3.39. The average Bonchev–Trinajstić information content (AvgIpc) is 3.11. The number of carbonyl (C=O) groups excluding carboxylic acids is 1. The van der Waals surface area contributed by atoms with E-state index < -0.39 is 11.6 Å². The van der Waals surface area contributed by atoms with Gasteiger partial charge >= 0.3 is 5.97 Å². The van der Waals surface area contributed by atoms with Crippen LogP contribution < -0.4 is 4.74 Å². The summed E-state index contributed by atoms with van der Waals surface area (Å²) in [6.45, 7) is 5.43. The van der Waals surface area contributed by atoms with Crippen molar-refractivity contribution < 1.29 is 14.3 Å². The van der Waals surface area contributed by atoms with E-state index in [1.807, 2.05) is 24.3 Å². The van der Waals surface area contributed by atoms with Gasteiger partial charge in [-0.2, -0.15) is 5.26 Å². The number of hydrogen-bond acceptors (Lipinski definition) is 6. The van der Waals surface area contributed by atoms with Crippen LogP contribution in [0.5, 0.6) is 5.75 Å². The van der Waals surface area contributed by atoms with Crippen molar-refractivity contribution in [2.24, 2.45) is 0 Å². The molecule has 0 aliphatic heterocycles. The third-order valence-corrected chi connectivity index (χ3v) is 4.74. The number of ether oxygens (including phenoxy) is 2. The van der Waals surface area contributed by atoms with Gasteiger partial charge in [-0.1, -0.05) is 12.1 Å². The van der Waals surface area contributed by atoms with Crippen LogP contribution >= 0.6 is 11.3 Å². The number of esters is 1. The smallest absolute Gasteiger partial charge is 0.349 e. The van der Waals surface area contributed by atoms with E-state index in [2.05, 4.69) is 11.1 Å². The molecule has 2 aromatic carbocycles. The van der Waals surface area contributed by atoms with E-state index in [0.717, 1.165) is 21.3 Å². The van der Waals surface area contributed by atoms with E-state index in [0.29, 0.717) is 17.9 Å². The summed E-state index contributed by atoms with van der Waals surface area (Å²) in [6.07, 6.45) is 0. The SMILES string of the molecule is CCOC(=O)C(C)(C)Oc1c(-c2ccc(C#N)cc2)ccc2ncsc12. The maximum absolute atomic E-state index is 12.3. The standard InChI is InChI=1S/C20H18N2O3S/c1-4-24-19(23)20(2,3)25-17-15(9-10-16-18(17)26-12-22-16)14-7-5-13(11-21)6-8-14/h5-10,12H,4H2,1-3H3. The number of thiazole rings is 1. The number of carbonyl (C=O) groups is 1. The molecule has 0 saturated heterocycles. The van der Waals surface area contributed by atoms with E-state index in [-0.39, 0.29) is 0 Å². The number of aromatic nitrogens is 1. The largest absolute Gasteiger partial charge is 0.474 e. The molecule has 3 aromatic rings. The number of nitrogens with zero attached hydrogens (tertiary/aromatic N) is 2. The summed E-state index contributed by atoms with van der Waals surface area (Å²) in [5, 5.41) is 9.00. The molecule has 0 atom stereocenters. The Kier molecular flexibility index (Phi) is 4.92. The summed E-state index contributed by atoms with van der Waals surface area (Å²) >= 11 is 1.46. The molecule has 0 spiro atoms. The quantitative estimate of drug-likeness (QED) is 0.619. The fourth-order valence-corrected chi connectivity index (χ4v) is 3.33. The minimum atomic E-state index is -1.14. The third-order valence-electron chi connectivity index (χ3n) is 3.90. The van der Waals surface area contributed by atoms with Crippen molar-refractivity contribution in [1.82, 2.24) is 4.98 Å². The lowest BCUT2D eigenvalue weighted by molar-refractivity contribution is -0.158. The highest BCUT2D eigenvalue weighted by Crippen LogP contribution is 2.40. The lowest BCUT2D eigenvalue weighted by Gasteiger charge is -2.26. The molecule has 0 bridgehead atoms. The first-order valence-corrected chi connectivity index (χ1v) is 9.07. The van der Waals surface area contributed by atoms with Gasteiger partial charge in [-0.25, -0.2) is 9.78 Å². The molecule has 1 heterocycles.